The fourth-order valence-corrected chi connectivity index (χ4v) is 2.47. The first kappa shape index (κ1) is 17.3. The molecular formula is C16H21ClN4O2. The van der Waals surface area contributed by atoms with Crippen molar-refractivity contribution >= 4 is 23.2 Å². The highest BCUT2D eigenvalue weighted by Gasteiger charge is 2.11. The first-order chi connectivity index (χ1) is 11.1. The molecule has 0 radical (unpaired) electrons. The second-order valence-electron chi connectivity index (χ2n) is 5.16. The van der Waals surface area contributed by atoms with Crippen LogP contribution in [0, 0.1) is 0 Å². The van der Waals surface area contributed by atoms with E-state index in [4.69, 9.17) is 16.7 Å². The SMILES string of the molecule is CCC(Nc1cnn(CC(=O)NCCO)c1)c1cccc(Cl)c1. The van der Waals surface area contributed by atoms with Gasteiger partial charge in [0.05, 0.1) is 24.5 Å². The van der Waals surface area contributed by atoms with Crippen LogP contribution in [0.25, 0.3) is 0 Å². The van der Waals surface area contributed by atoms with E-state index in [1.165, 1.54) is 0 Å². The zero-order valence-corrected chi connectivity index (χ0v) is 13.8. The summed E-state index contributed by atoms with van der Waals surface area (Å²) in [6.45, 7) is 2.38. The Bertz CT molecular complexity index is 645. The van der Waals surface area contributed by atoms with Crippen molar-refractivity contribution in [3.05, 3.63) is 47.2 Å². The molecule has 3 N–H and O–H groups in total. The van der Waals surface area contributed by atoms with Gasteiger partial charge in [-0.2, -0.15) is 5.10 Å². The molecule has 7 heteroatoms. The lowest BCUT2D eigenvalue weighted by Gasteiger charge is -2.17. The van der Waals surface area contributed by atoms with Crippen LogP contribution in [-0.2, 0) is 11.3 Å². The van der Waals surface area contributed by atoms with E-state index in [0.29, 0.717) is 5.02 Å². The molecule has 0 aliphatic carbocycles. The second kappa shape index (κ2) is 8.55. The molecule has 124 valence electrons. The van der Waals surface area contributed by atoms with Crippen LogP contribution >= 0.6 is 11.6 Å². The molecule has 1 atom stereocenters. The monoisotopic (exact) mass is 336 g/mol. The molecule has 0 aliphatic rings. The van der Waals surface area contributed by atoms with E-state index in [1.807, 2.05) is 24.3 Å². The summed E-state index contributed by atoms with van der Waals surface area (Å²) >= 11 is 6.05. The number of aliphatic hydroxyl groups excluding tert-OH is 1. The molecule has 0 saturated heterocycles. The van der Waals surface area contributed by atoms with Crippen LogP contribution in [0.15, 0.2) is 36.7 Å². The largest absolute Gasteiger partial charge is 0.395 e. The molecule has 1 aromatic carbocycles. The third-order valence-electron chi connectivity index (χ3n) is 3.37. The lowest BCUT2D eigenvalue weighted by atomic mass is 10.0. The first-order valence-electron chi connectivity index (χ1n) is 7.54. The molecule has 1 aromatic heterocycles. The number of hydrogen-bond acceptors (Lipinski definition) is 4. The number of carbonyl (C=O) groups excluding carboxylic acids is 1. The predicted molar refractivity (Wildman–Crippen MR) is 90.4 cm³/mol. The highest BCUT2D eigenvalue weighted by Crippen LogP contribution is 2.24. The van der Waals surface area contributed by atoms with Crippen LogP contribution in [0.5, 0.6) is 0 Å². The van der Waals surface area contributed by atoms with Gasteiger partial charge in [0, 0.05) is 17.8 Å². The maximum absolute atomic E-state index is 11.6. The molecule has 1 amide bonds. The van der Waals surface area contributed by atoms with E-state index in [2.05, 4.69) is 22.7 Å². The lowest BCUT2D eigenvalue weighted by Crippen LogP contribution is -2.30. The van der Waals surface area contributed by atoms with Crippen LogP contribution < -0.4 is 10.6 Å². The van der Waals surface area contributed by atoms with Crippen molar-refractivity contribution in [2.45, 2.75) is 25.9 Å². The Labute approximate surface area is 140 Å². The van der Waals surface area contributed by atoms with E-state index in [1.54, 1.807) is 17.1 Å². The van der Waals surface area contributed by atoms with Gasteiger partial charge in [-0.3, -0.25) is 9.48 Å². The smallest absolute Gasteiger partial charge is 0.241 e. The van der Waals surface area contributed by atoms with Gasteiger partial charge in [0.15, 0.2) is 0 Å². The number of aromatic nitrogens is 2. The fourth-order valence-electron chi connectivity index (χ4n) is 2.27. The van der Waals surface area contributed by atoms with Crippen molar-refractivity contribution in [2.24, 2.45) is 0 Å². The summed E-state index contributed by atoms with van der Waals surface area (Å²) in [4.78, 5) is 11.6. The van der Waals surface area contributed by atoms with Gasteiger partial charge in [-0.05, 0) is 24.1 Å². The summed E-state index contributed by atoms with van der Waals surface area (Å²) in [7, 11) is 0. The molecule has 2 aromatic rings. The van der Waals surface area contributed by atoms with Gasteiger partial charge in [-0.15, -0.1) is 0 Å². The Morgan fingerprint density at radius 3 is 3.00 bits per heavy atom. The number of hydrogen-bond donors (Lipinski definition) is 3. The molecule has 0 saturated carbocycles. The Morgan fingerprint density at radius 2 is 2.30 bits per heavy atom. The Morgan fingerprint density at radius 1 is 1.48 bits per heavy atom. The molecule has 2 rings (SSSR count). The molecule has 0 fully saturated rings. The minimum atomic E-state index is -0.185. The summed E-state index contributed by atoms with van der Waals surface area (Å²) in [5, 5.41) is 19.5. The van der Waals surface area contributed by atoms with Crippen molar-refractivity contribution in [3.8, 4) is 0 Å². The molecule has 1 heterocycles. The zero-order valence-electron chi connectivity index (χ0n) is 13.0. The summed E-state index contributed by atoms with van der Waals surface area (Å²) in [6.07, 6.45) is 4.36. The topological polar surface area (TPSA) is 79.2 Å². The highest BCUT2D eigenvalue weighted by molar-refractivity contribution is 6.30. The van der Waals surface area contributed by atoms with Crippen LogP contribution in [0.1, 0.15) is 24.9 Å². The third kappa shape index (κ3) is 5.26. The lowest BCUT2D eigenvalue weighted by molar-refractivity contribution is -0.122. The average molecular weight is 337 g/mol. The number of rotatable bonds is 8. The number of halogens is 1. The third-order valence-corrected chi connectivity index (χ3v) is 3.61. The van der Waals surface area contributed by atoms with Gasteiger partial charge in [-0.25, -0.2) is 0 Å². The van der Waals surface area contributed by atoms with Crippen LogP contribution in [-0.4, -0.2) is 33.9 Å². The van der Waals surface area contributed by atoms with Gasteiger partial charge in [0.25, 0.3) is 0 Å². The van der Waals surface area contributed by atoms with Gasteiger partial charge in [0.1, 0.15) is 6.54 Å². The second-order valence-corrected chi connectivity index (χ2v) is 5.60. The van der Waals surface area contributed by atoms with E-state index in [9.17, 15) is 4.79 Å². The maximum atomic E-state index is 11.6. The van der Waals surface area contributed by atoms with Gasteiger partial charge in [0.2, 0.25) is 5.91 Å². The molecule has 0 bridgehead atoms. The van der Waals surface area contributed by atoms with Crippen LogP contribution in [0.3, 0.4) is 0 Å². The minimum Gasteiger partial charge on any atom is -0.395 e. The number of nitrogens with one attached hydrogen (secondary N) is 2. The van der Waals surface area contributed by atoms with Crippen LogP contribution in [0.2, 0.25) is 5.02 Å². The van der Waals surface area contributed by atoms with E-state index in [-0.39, 0.29) is 31.6 Å². The average Bonchev–Trinajstić information content (AvgIpc) is 2.97. The highest BCUT2D eigenvalue weighted by atomic mass is 35.5. The maximum Gasteiger partial charge on any atom is 0.241 e. The van der Waals surface area contributed by atoms with Crippen molar-refractivity contribution in [2.75, 3.05) is 18.5 Å². The molecule has 0 aliphatic heterocycles. The Balaban J connectivity index is 1.98. The van der Waals surface area contributed by atoms with E-state index < -0.39 is 0 Å². The van der Waals surface area contributed by atoms with Crippen molar-refractivity contribution in [1.29, 1.82) is 0 Å². The van der Waals surface area contributed by atoms with Gasteiger partial charge < -0.3 is 15.7 Å². The zero-order chi connectivity index (χ0) is 16.7. The molecule has 0 spiro atoms. The Hall–Kier alpha value is -2.05. The van der Waals surface area contributed by atoms with Gasteiger partial charge >= 0.3 is 0 Å². The first-order valence-corrected chi connectivity index (χ1v) is 7.92. The summed E-state index contributed by atoms with van der Waals surface area (Å²) in [6, 6.07) is 7.86. The van der Waals surface area contributed by atoms with Crippen molar-refractivity contribution in [1.82, 2.24) is 15.1 Å². The number of aliphatic hydroxyl groups is 1. The number of benzene rings is 1. The standard InChI is InChI=1S/C16H21ClN4O2/c1-2-15(12-4-3-5-13(17)8-12)20-14-9-19-21(10-14)11-16(23)18-6-7-22/h3-5,8-10,15,20,22H,2,6-7,11H2,1H3,(H,18,23). The fraction of sp³-hybridized carbons (Fsp3) is 0.375. The number of carbonyl (C=O) groups is 1. The summed E-state index contributed by atoms with van der Waals surface area (Å²) < 4.78 is 1.56. The van der Waals surface area contributed by atoms with Crippen LogP contribution in [0.4, 0.5) is 5.69 Å². The number of nitrogens with zero attached hydrogens (tertiary/aromatic N) is 2. The molecule has 6 nitrogen and oxygen atoms in total. The normalized spacial score (nSPS) is 12.0. The molecule has 1 unspecified atom stereocenters. The molecule has 23 heavy (non-hydrogen) atoms. The van der Waals surface area contributed by atoms with Crippen molar-refractivity contribution < 1.29 is 9.90 Å². The van der Waals surface area contributed by atoms with E-state index in [0.717, 1.165) is 17.7 Å². The Kier molecular flexibility index (Phi) is 6.43. The summed E-state index contributed by atoms with van der Waals surface area (Å²) in [5.74, 6) is -0.185. The van der Waals surface area contributed by atoms with Crippen molar-refractivity contribution in [3.63, 3.8) is 0 Å². The van der Waals surface area contributed by atoms with Gasteiger partial charge in [-0.1, -0.05) is 30.7 Å². The van der Waals surface area contributed by atoms with E-state index >= 15 is 0 Å². The number of amides is 1. The quantitative estimate of drug-likeness (QED) is 0.690. The minimum absolute atomic E-state index is 0.0739. The predicted octanol–water partition coefficient (Wildman–Crippen LogP) is 2.21. The molecular weight excluding hydrogens is 316 g/mol. The summed E-state index contributed by atoms with van der Waals surface area (Å²) in [5.41, 5.74) is 1.94. The number of anilines is 1.